The number of halogens is 2. The first-order chi connectivity index (χ1) is 10.6. The van der Waals surface area contributed by atoms with Crippen molar-refractivity contribution in [2.75, 3.05) is 7.11 Å². The van der Waals surface area contributed by atoms with Gasteiger partial charge in [-0.25, -0.2) is 4.79 Å². The Bertz CT molecular complexity index is 731. The number of hydrogen-bond donors (Lipinski definition) is 0. The molecule has 0 spiro atoms. The van der Waals surface area contributed by atoms with E-state index in [1.54, 1.807) is 24.4 Å². The van der Waals surface area contributed by atoms with Crippen LogP contribution in [0.25, 0.3) is 0 Å². The number of hydrogen-bond acceptors (Lipinski definition) is 4. The van der Waals surface area contributed by atoms with E-state index in [1.165, 1.54) is 7.11 Å². The van der Waals surface area contributed by atoms with Gasteiger partial charge in [-0.2, -0.15) is 0 Å². The van der Waals surface area contributed by atoms with Gasteiger partial charge in [0.05, 0.1) is 22.8 Å². The van der Waals surface area contributed by atoms with Crippen molar-refractivity contribution in [1.82, 2.24) is 4.98 Å². The summed E-state index contributed by atoms with van der Waals surface area (Å²) in [6.45, 7) is 0. The molecule has 2 aromatic rings. The van der Waals surface area contributed by atoms with Crippen molar-refractivity contribution in [3.05, 3.63) is 51.2 Å². The van der Waals surface area contributed by atoms with Crippen molar-refractivity contribution in [3.8, 4) is 11.5 Å². The molecule has 1 fully saturated rings. The number of rotatable bonds is 4. The van der Waals surface area contributed by atoms with E-state index in [0.717, 1.165) is 22.9 Å². The lowest BCUT2D eigenvalue weighted by Gasteiger charge is -2.13. The first-order valence-corrected chi connectivity index (χ1v) is 7.97. The third-order valence-corrected chi connectivity index (χ3v) is 4.64. The summed E-state index contributed by atoms with van der Waals surface area (Å²) in [6, 6.07) is 5.01. The summed E-state index contributed by atoms with van der Waals surface area (Å²) >= 11 is 9.65. The first-order valence-electron chi connectivity index (χ1n) is 6.80. The molecule has 0 radical (unpaired) electrons. The number of benzene rings is 1. The van der Waals surface area contributed by atoms with Crippen LogP contribution in [-0.2, 0) is 4.74 Å². The first kappa shape index (κ1) is 15.3. The van der Waals surface area contributed by atoms with E-state index in [9.17, 15) is 4.79 Å². The van der Waals surface area contributed by atoms with Gasteiger partial charge in [0.15, 0.2) is 5.75 Å². The second-order valence-corrected chi connectivity index (χ2v) is 6.22. The number of carbonyl (C=O) groups is 1. The van der Waals surface area contributed by atoms with E-state index in [-0.39, 0.29) is 10.6 Å². The average Bonchev–Trinajstić information content (AvgIpc) is 3.33. The van der Waals surface area contributed by atoms with Crippen LogP contribution >= 0.6 is 27.5 Å². The molecule has 1 aliphatic rings. The van der Waals surface area contributed by atoms with Gasteiger partial charge < -0.3 is 9.47 Å². The summed E-state index contributed by atoms with van der Waals surface area (Å²) < 4.78 is 11.5. The van der Waals surface area contributed by atoms with Gasteiger partial charge in [-0.05, 0) is 52.4 Å². The summed E-state index contributed by atoms with van der Waals surface area (Å²) in [5.74, 6) is 0.888. The summed E-state index contributed by atoms with van der Waals surface area (Å²) in [6.07, 6.45) is 5.77. The Labute approximate surface area is 141 Å². The molecular weight excluding hydrogens is 370 g/mol. The molecule has 0 aliphatic heterocycles. The highest BCUT2D eigenvalue weighted by atomic mass is 79.9. The van der Waals surface area contributed by atoms with E-state index in [4.69, 9.17) is 21.1 Å². The van der Waals surface area contributed by atoms with Crippen LogP contribution in [0.1, 0.15) is 34.7 Å². The fraction of sp³-hybridized carbons (Fsp3) is 0.250. The minimum absolute atomic E-state index is 0.204. The Morgan fingerprint density at radius 2 is 2.09 bits per heavy atom. The molecule has 0 unspecified atom stereocenters. The molecule has 0 amide bonds. The number of aromatic nitrogens is 1. The number of ether oxygens (including phenoxy) is 2. The highest BCUT2D eigenvalue weighted by Crippen LogP contribution is 2.46. The fourth-order valence-corrected chi connectivity index (χ4v) is 3.05. The lowest BCUT2D eigenvalue weighted by molar-refractivity contribution is 0.0598. The van der Waals surface area contributed by atoms with Crippen LogP contribution in [0, 0.1) is 0 Å². The normalized spacial score (nSPS) is 13.8. The molecule has 3 rings (SSSR count). The van der Waals surface area contributed by atoms with Crippen molar-refractivity contribution < 1.29 is 14.3 Å². The molecular formula is C16H13BrClNO3. The van der Waals surface area contributed by atoms with Gasteiger partial charge >= 0.3 is 5.97 Å². The second-order valence-electron chi connectivity index (χ2n) is 5.02. The van der Waals surface area contributed by atoms with Gasteiger partial charge in [-0.1, -0.05) is 17.7 Å². The van der Waals surface area contributed by atoms with Crippen molar-refractivity contribution in [3.63, 3.8) is 0 Å². The fourth-order valence-electron chi connectivity index (χ4n) is 2.20. The molecule has 6 heteroatoms. The van der Waals surface area contributed by atoms with Crippen molar-refractivity contribution in [2.24, 2.45) is 0 Å². The molecule has 1 aromatic carbocycles. The molecule has 114 valence electrons. The van der Waals surface area contributed by atoms with Gasteiger partial charge in [0, 0.05) is 6.20 Å². The maximum Gasteiger partial charge on any atom is 0.343 e. The largest absolute Gasteiger partial charge is 0.465 e. The summed E-state index contributed by atoms with van der Waals surface area (Å²) in [7, 11) is 1.31. The molecule has 0 saturated heterocycles. The highest BCUT2D eigenvalue weighted by Gasteiger charge is 2.28. The highest BCUT2D eigenvalue weighted by molar-refractivity contribution is 9.10. The van der Waals surface area contributed by atoms with Crippen LogP contribution in [0.15, 0.2) is 35.1 Å². The SMILES string of the molecule is COC(=O)c1c(Cl)cccc1Oc1cncc(C2CC2)c1Br. The Morgan fingerprint density at radius 3 is 2.77 bits per heavy atom. The second kappa shape index (κ2) is 6.26. The number of esters is 1. The minimum atomic E-state index is -0.539. The van der Waals surface area contributed by atoms with E-state index in [0.29, 0.717) is 17.4 Å². The molecule has 1 aliphatic carbocycles. The Morgan fingerprint density at radius 1 is 1.32 bits per heavy atom. The third-order valence-electron chi connectivity index (χ3n) is 3.48. The predicted octanol–water partition coefficient (Wildman–Crippen LogP) is 4.95. The molecule has 4 nitrogen and oxygen atoms in total. The smallest absolute Gasteiger partial charge is 0.343 e. The van der Waals surface area contributed by atoms with Crippen LogP contribution < -0.4 is 4.74 Å². The number of carbonyl (C=O) groups excluding carboxylic acids is 1. The quantitative estimate of drug-likeness (QED) is 0.702. The zero-order valence-electron chi connectivity index (χ0n) is 11.8. The van der Waals surface area contributed by atoms with Gasteiger partial charge in [0.25, 0.3) is 0 Å². The van der Waals surface area contributed by atoms with Crippen LogP contribution in [-0.4, -0.2) is 18.1 Å². The zero-order valence-corrected chi connectivity index (χ0v) is 14.1. The maximum absolute atomic E-state index is 11.9. The van der Waals surface area contributed by atoms with E-state index in [1.807, 2.05) is 6.20 Å². The predicted molar refractivity (Wildman–Crippen MR) is 86.8 cm³/mol. The van der Waals surface area contributed by atoms with Gasteiger partial charge in [0.1, 0.15) is 11.3 Å². The molecule has 1 aromatic heterocycles. The Kier molecular flexibility index (Phi) is 4.36. The molecule has 0 bridgehead atoms. The molecule has 1 heterocycles. The average molecular weight is 383 g/mol. The van der Waals surface area contributed by atoms with E-state index < -0.39 is 5.97 Å². The Balaban J connectivity index is 1.99. The molecule has 1 saturated carbocycles. The minimum Gasteiger partial charge on any atom is -0.465 e. The van der Waals surface area contributed by atoms with E-state index in [2.05, 4.69) is 20.9 Å². The standard InChI is InChI=1S/C16H13BrClNO3/c1-21-16(20)14-11(18)3-2-4-12(14)22-13-8-19-7-10(15(13)17)9-5-6-9/h2-4,7-9H,5-6H2,1H3. The number of nitrogens with zero attached hydrogens (tertiary/aromatic N) is 1. The van der Waals surface area contributed by atoms with Crippen LogP contribution in [0.2, 0.25) is 5.02 Å². The molecule has 0 N–H and O–H groups in total. The lowest BCUT2D eigenvalue weighted by atomic mass is 10.2. The van der Waals surface area contributed by atoms with Crippen molar-refractivity contribution in [1.29, 1.82) is 0 Å². The number of pyridine rings is 1. The van der Waals surface area contributed by atoms with Crippen LogP contribution in [0.4, 0.5) is 0 Å². The van der Waals surface area contributed by atoms with Crippen molar-refractivity contribution >= 4 is 33.5 Å². The van der Waals surface area contributed by atoms with Crippen molar-refractivity contribution in [2.45, 2.75) is 18.8 Å². The summed E-state index contributed by atoms with van der Waals surface area (Å²) in [5, 5.41) is 0.284. The molecule has 0 atom stereocenters. The topological polar surface area (TPSA) is 48.4 Å². The summed E-state index contributed by atoms with van der Waals surface area (Å²) in [4.78, 5) is 16.1. The maximum atomic E-state index is 11.9. The van der Waals surface area contributed by atoms with Gasteiger partial charge in [0.2, 0.25) is 0 Å². The van der Waals surface area contributed by atoms with E-state index >= 15 is 0 Å². The lowest BCUT2D eigenvalue weighted by Crippen LogP contribution is -2.05. The van der Waals surface area contributed by atoms with Crippen LogP contribution in [0.3, 0.4) is 0 Å². The monoisotopic (exact) mass is 381 g/mol. The summed E-state index contributed by atoms with van der Waals surface area (Å²) in [5.41, 5.74) is 1.33. The molecule has 22 heavy (non-hydrogen) atoms. The third kappa shape index (κ3) is 2.96. The zero-order chi connectivity index (χ0) is 15.7. The van der Waals surface area contributed by atoms with Gasteiger partial charge in [-0.3, -0.25) is 4.98 Å². The Hall–Kier alpha value is -1.59. The van der Waals surface area contributed by atoms with Gasteiger partial charge in [-0.15, -0.1) is 0 Å². The number of methoxy groups -OCH3 is 1. The van der Waals surface area contributed by atoms with Crippen LogP contribution in [0.5, 0.6) is 11.5 Å².